The van der Waals surface area contributed by atoms with E-state index in [4.69, 9.17) is 4.74 Å². The summed E-state index contributed by atoms with van der Waals surface area (Å²) < 4.78 is 5.44. The fraction of sp³-hybridized carbons (Fsp3) is 0.462. The Morgan fingerprint density at radius 3 is 2.76 bits per heavy atom. The Bertz CT molecular complexity index is 329. The van der Waals surface area contributed by atoms with Crippen LogP contribution in [-0.2, 0) is 4.79 Å². The summed E-state index contributed by atoms with van der Waals surface area (Å²) in [4.78, 5) is 11.4. The van der Waals surface area contributed by atoms with Gasteiger partial charge in [0.2, 0.25) is 5.91 Å². The van der Waals surface area contributed by atoms with Gasteiger partial charge in [0, 0.05) is 11.9 Å². The maximum Gasteiger partial charge on any atom is 0.223 e. The Kier molecular flexibility index (Phi) is 6.70. The average molecular weight is 300 g/mol. The minimum atomic E-state index is 0.0359. The molecule has 1 atom stereocenters. The van der Waals surface area contributed by atoms with Gasteiger partial charge in [-0.25, -0.2) is 0 Å². The van der Waals surface area contributed by atoms with Crippen LogP contribution >= 0.6 is 15.9 Å². The van der Waals surface area contributed by atoms with Gasteiger partial charge in [0.05, 0.1) is 13.0 Å². The Labute approximate surface area is 111 Å². The zero-order valence-corrected chi connectivity index (χ0v) is 11.6. The van der Waals surface area contributed by atoms with Crippen molar-refractivity contribution in [2.45, 2.75) is 13.3 Å². The van der Waals surface area contributed by atoms with Gasteiger partial charge in [-0.3, -0.25) is 4.79 Å². The van der Waals surface area contributed by atoms with Gasteiger partial charge in [0.25, 0.3) is 0 Å². The summed E-state index contributed by atoms with van der Waals surface area (Å²) in [7, 11) is 0. The third kappa shape index (κ3) is 6.31. The predicted octanol–water partition coefficient (Wildman–Crippen LogP) is 2.60. The fourth-order valence-electron chi connectivity index (χ4n) is 1.21. The Morgan fingerprint density at radius 1 is 1.41 bits per heavy atom. The maximum atomic E-state index is 11.4. The molecule has 0 bridgehead atoms. The second kappa shape index (κ2) is 8.12. The quantitative estimate of drug-likeness (QED) is 0.786. The molecule has 0 aliphatic carbocycles. The Morgan fingerprint density at radius 2 is 2.12 bits per heavy atom. The summed E-state index contributed by atoms with van der Waals surface area (Å²) >= 11 is 3.37. The number of carbonyl (C=O) groups is 1. The summed E-state index contributed by atoms with van der Waals surface area (Å²) in [5.41, 5.74) is 0. The van der Waals surface area contributed by atoms with Gasteiger partial charge < -0.3 is 10.1 Å². The molecular formula is C13H18BrNO2. The molecule has 94 valence electrons. The minimum absolute atomic E-state index is 0.0359. The van der Waals surface area contributed by atoms with E-state index >= 15 is 0 Å². The molecular weight excluding hydrogens is 282 g/mol. The molecule has 17 heavy (non-hydrogen) atoms. The van der Waals surface area contributed by atoms with Crippen LogP contribution in [-0.4, -0.2) is 24.4 Å². The van der Waals surface area contributed by atoms with E-state index in [9.17, 15) is 4.79 Å². The van der Waals surface area contributed by atoms with Crippen LogP contribution in [0.4, 0.5) is 0 Å². The SMILES string of the molecule is CC(CBr)CNC(=O)CCOc1ccccc1. The molecule has 0 saturated carbocycles. The maximum absolute atomic E-state index is 11.4. The first-order valence-corrected chi connectivity index (χ1v) is 6.85. The number of rotatable bonds is 7. The molecule has 1 amide bonds. The first-order valence-electron chi connectivity index (χ1n) is 5.73. The lowest BCUT2D eigenvalue weighted by Gasteiger charge is -2.10. The summed E-state index contributed by atoms with van der Waals surface area (Å²) in [6.07, 6.45) is 0.393. The van der Waals surface area contributed by atoms with Crippen molar-refractivity contribution in [3.8, 4) is 5.75 Å². The first kappa shape index (κ1) is 14.0. The number of nitrogens with one attached hydrogen (secondary N) is 1. The van der Waals surface area contributed by atoms with Crippen LogP contribution in [0.3, 0.4) is 0 Å². The summed E-state index contributed by atoms with van der Waals surface area (Å²) in [5, 5.41) is 3.77. The van der Waals surface area contributed by atoms with E-state index in [2.05, 4.69) is 28.2 Å². The van der Waals surface area contributed by atoms with E-state index in [1.54, 1.807) is 0 Å². The third-order valence-electron chi connectivity index (χ3n) is 2.25. The van der Waals surface area contributed by atoms with Gasteiger partial charge >= 0.3 is 0 Å². The van der Waals surface area contributed by atoms with Crippen LogP contribution in [0.25, 0.3) is 0 Å². The largest absolute Gasteiger partial charge is 0.493 e. The highest BCUT2D eigenvalue weighted by Gasteiger charge is 2.04. The van der Waals surface area contributed by atoms with Crippen LogP contribution < -0.4 is 10.1 Å². The number of amides is 1. The molecule has 3 nitrogen and oxygen atoms in total. The number of alkyl halides is 1. The number of carbonyl (C=O) groups excluding carboxylic acids is 1. The Balaban J connectivity index is 2.12. The standard InChI is InChI=1S/C13H18BrNO2/c1-11(9-14)10-15-13(16)7-8-17-12-5-3-2-4-6-12/h2-6,11H,7-10H2,1H3,(H,15,16). The lowest BCUT2D eigenvalue weighted by molar-refractivity contribution is -0.121. The molecule has 0 saturated heterocycles. The second-order valence-electron chi connectivity index (χ2n) is 3.98. The van der Waals surface area contributed by atoms with Gasteiger partial charge in [-0.2, -0.15) is 0 Å². The average Bonchev–Trinajstić information content (AvgIpc) is 2.37. The van der Waals surface area contributed by atoms with Crippen molar-refractivity contribution in [3.63, 3.8) is 0 Å². The molecule has 1 unspecified atom stereocenters. The third-order valence-corrected chi connectivity index (χ3v) is 3.36. The number of hydrogen-bond donors (Lipinski definition) is 1. The van der Waals surface area contributed by atoms with Crippen LogP contribution in [0.1, 0.15) is 13.3 Å². The smallest absolute Gasteiger partial charge is 0.223 e. The lowest BCUT2D eigenvalue weighted by atomic mass is 10.2. The number of hydrogen-bond acceptors (Lipinski definition) is 2. The summed E-state index contributed by atoms with van der Waals surface area (Å²) in [6, 6.07) is 9.51. The van der Waals surface area contributed by atoms with E-state index < -0.39 is 0 Å². The van der Waals surface area contributed by atoms with Crippen LogP contribution in [0, 0.1) is 5.92 Å². The molecule has 1 aromatic rings. The van der Waals surface area contributed by atoms with E-state index in [0.29, 0.717) is 25.5 Å². The van der Waals surface area contributed by atoms with Gasteiger partial charge in [-0.15, -0.1) is 0 Å². The first-order chi connectivity index (χ1) is 8.22. The number of ether oxygens (including phenoxy) is 1. The molecule has 0 spiro atoms. The van der Waals surface area contributed by atoms with Gasteiger partial charge in [-0.1, -0.05) is 41.1 Å². The molecule has 0 aliphatic rings. The highest BCUT2D eigenvalue weighted by molar-refractivity contribution is 9.09. The monoisotopic (exact) mass is 299 g/mol. The molecule has 0 aliphatic heterocycles. The van der Waals surface area contributed by atoms with Crippen LogP contribution in [0.15, 0.2) is 30.3 Å². The zero-order valence-electron chi connectivity index (χ0n) is 9.99. The second-order valence-corrected chi connectivity index (χ2v) is 4.62. The molecule has 1 rings (SSSR count). The number of benzene rings is 1. The van der Waals surface area contributed by atoms with E-state index in [1.165, 1.54) is 0 Å². The van der Waals surface area contributed by atoms with Crippen molar-refractivity contribution in [2.75, 3.05) is 18.5 Å². The van der Waals surface area contributed by atoms with Crippen molar-refractivity contribution in [1.29, 1.82) is 0 Å². The van der Waals surface area contributed by atoms with Crippen molar-refractivity contribution in [2.24, 2.45) is 5.92 Å². The molecule has 4 heteroatoms. The highest BCUT2D eigenvalue weighted by Crippen LogP contribution is 2.08. The van der Waals surface area contributed by atoms with Crippen molar-refractivity contribution in [1.82, 2.24) is 5.32 Å². The number of para-hydroxylation sites is 1. The topological polar surface area (TPSA) is 38.3 Å². The molecule has 1 N–H and O–H groups in total. The van der Waals surface area contributed by atoms with E-state index in [1.807, 2.05) is 30.3 Å². The summed E-state index contributed by atoms with van der Waals surface area (Å²) in [5.74, 6) is 1.29. The van der Waals surface area contributed by atoms with Crippen molar-refractivity contribution >= 4 is 21.8 Å². The van der Waals surface area contributed by atoms with E-state index in [-0.39, 0.29) is 5.91 Å². The molecule has 0 fully saturated rings. The van der Waals surface area contributed by atoms with Crippen molar-refractivity contribution < 1.29 is 9.53 Å². The van der Waals surface area contributed by atoms with Crippen molar-refractivity contribution in [3.05, 3.63) is 30.3 Å². The van der Waals surface area contributed by atoms with Crippen LogP contribution in [0.5, 0.6) is 5.75 Å². The lowest BCUT2D eigenvalue weighted by Crippen LogP contribution is -2.29. The Hall–Kier alpha value is -1.03. The van der Waals surface area contributed by atoms with Gasteiger partial charge in [0.1, 0.15) is 5.75 Å². The summed E-state index contributed by atoms with van der Waals surface area (Å²) in [6.45, 7) is 3.20. The molecule has 0 aromatic heterocycles. The zero-order chi connectivity index (χ0) is 12.5. The minimum Gasteiger partial charge on any atom is -0.493 e. The molecule has 0 heterocycles. The van der Waals surface area contributed by atoms with E-state index in [0.717, 1.165) is 11.1 Å². The highest BCUT2D eigenvalue weighted by atomic mass is 79.9. The van der Waals surface area contributed by atoms with Gasteiger partial charge in [0.15, 0.2) is 0 Å². The number of halogens is 1. The fourth-order valence-corrected chi connectivity index (χ4v) is 1.44. The molecule has 1 aromatic carbocycles. The normalized spacial score (nSPS) is 11.9. The molecule has 0 radical (unpaired) electrons. The predicted molar refractivity (Wildman–Crippen MR) is 72.5 cm³/mol. The van der Waals surface area contributed by atoms with Gasteiger partial charge in [-0.05, 0) is 18.1 Å². The van der Waals surface area contributed by atoms with Crippen LogP contribution in [0.2, 0.25) is 0 Å².